The number of allylic oxidation sites excluding steroid dienone is 1. The Morgan fingerprint density at radius 1 is 1.30 bits per heavy atom. The van der Waals surface area contributed by atoms with Crippen molar-refractivity contribution in [3.8, 4) is 11.8 Å². The first-order valence-corrected chi connectivity index (χ1v) is 8.31. The summed E-state index contributed by atoms with van der Waals surface area (Å²) in [6.07, 6.45) is 1.76. The number of para-hydroxylation sites is 2. The van der Waals surface area contributed by atoms with E-state index in [1.54, 1.807) is 13.2 Å². The molecule has 1 aromatic heterocycles. The number of H-pyrrole nitrogens is 1. The van der Waals surface area contributed by atoms with Crippen molar-refractivity contribution in [1.82, 2.24) is 9.97 Å². The summed E-state index contributed by atoms with van der Waals surface area (Å²) in [4.78, 5) is 7.64. The van der Waals surface area contributed by atoms with Crippen molar-refractivity contribution in [3.63, 3.8) is 0 Å². The summed E-state index contributed by atoms with van der Waals surface area (Å²) in [6.45, 7) is 0. The topological polar surface area (TPSA) is 61.7 Å². The molecule has 0 saturated carbocycles. The number of nitrogens with one attached hydrogen (secondary N) is 1. The molecule has 0 aliphatic heterocycles. The largest absolute Gasteiger partial charge is 0.495 e. The first kappa shape index (κ1) is 15.8. The van der Waals surface area contributed by atoms with Crippen molar-refractivity contribution >= 4 is 54.5 Å². The molecule has 0 radical (unpaired) electrons. The number of hydrogen-bond acceptors (Lipinski definition) is 3. The number of benzene rings is 2. The number of imidazole rings is 1. The summed E-state index contributed by atoms with van der Waals surface area (Å²) < 4.78 is 7.11. The molecule has 0 fully saturated rings. The van der Waals surface area contributed by atoms with E-state index in [0.29, 0.717) is 17.1 Å². The first-order chi connectivity index (χ1) is 11.1. The molecule has 114 valence electrons. The van der Waals surface area contributed by atoms with Crippen LogP contribution in [0.4, 0.5) is 0 Å². The van der Waals surface area contributed by atoms with Crippen LogP contribution < -0.4 is 4.74 Å². The molecule has 0 saturated heterocycles. The van der Waals surface area contributed by atoms with Crippen molar-refractivity contribution in [1.29, 1.82) is 5.26 Å². The van der Waals surface area contributed by atoms with Gasteiger partial charge in [0, 0.05) is 10.0 Å². The van der Waals surface area contributed by atoms with Gasteiger partial charge in [-0.25, -0.2) is 4.98 Å². The second kappa shape index (κ2) is 6.57. The van der Waals surface area contributed by atoms with Crippen molar-refractivity contribution < 1.29 is 4.74 Å². The van der Waals surface area contributed by atoms with Gasteiger partial charge in [-0.1, -0.05) is 28.1 Å². The zero-order valence-electron chi connectivity index (χ0n) is 12.1. The number of fused-ring (bicyclic) bond motifs is 1. The number of rotatable bonds is 3. The lowest BCUT2D eigenvalue weighted by molar-refractivity contribution is 0.411. The van der Waals surface area contributed by atoms with Crippen molar-refractivity contribution in [2.45, 2.75) is 0 Å². The normalized spacial score (nSPS) is 11.5. The summed E-state index contributed by atoms with van der Waals surface area (Å²) in [6, 6.07) is 13.7. The highest BCUT2D eigenvalue weighted by Gasteiger charge is 2.12. The van der Waals surface area contributed by atoms with Gasteiger partial charge in [-0.15, -0.1) is 0 Å². The first-order valence-electron chi connectivity index (χ1n) is 6.72. The Bertz CT molecular complexity index is 921. The zero-order chi connectivity index (χ0) is 16.4. The van der Waals surface area contributed by atoms with Gasteiger partial charge in [0.15, 0.2) is 0 Å². The number of aromatic amines is 1. The van der Waals surface area contributed by atoms with Gasteiger partial charge in [0.2, 0.25) is 0 Å². The molecule has 0 spiro atoms. The van der Waals surface area contributed by atoms with Crippen LogP contribution in [0, 0.1) is 11.3 Å². The highest BCUT2D eigenvalue weighted by atomic mass is 79.9. The molecule has 1 N–H and O–H groups in total. The van der Waals surface area contributed by atoms with Gasteiger partial charge in [-0.3, -0.25) is 0 Å². The van der Waals surface area contributed by atoms with Crippen LogP contribution in [0.5, 0.6) is 5.75 Å². The Morgan fingerprint density at radius 2 is 2.09 bits per heavy atom. The summed E-state index contributed by atoms with van der Waals surface area (Å²) >= 11 is 6.92. The van der Waals surface area contributed by atoms with Crippen LogP contribution in [0.15, 0.2) is 45.3 Å². The molecule has 0 amide bonds. The molecular weight excluding hydrogens is 422 g/mol. The van der Waals surface area contributed by atoms with E-state index < -0.39 is 0 Å². The fourth-order valence-electron chi connectivity index (χ4n) is 2.29. The van der Waals surface area contributed by atoms with Crippen LogP contribution in [-0.4, -0.2) is 17.1 Å². The van der Waals surface area contributed by atoms with Crippen molar-refractivity contribution in [2.24, 2.45) is 0 Å². The van der Waals surface area contributed by atoms with E-state index >= 15 is 0 Å². The SMILES string of the molecule is COc1c(Br)cc(Br)cc1/C=C(\C#N)c1nc2ccccc2[nH]1. The van der Waals surface area contributed by atoms with E-state index in [0.717, 1.165) is 25.5 Å². The van der Waals surface area contributed by atoms with Gasteiger partial charge in [0.25, 0.3) is 0 Å². The smallest absolute Gasteiger partial charge is 0.149 e. The molecule has 4 nitrogen and oxygen atoms in total. The minimum atomic E-state index is 0.435. The Morgan fingerprint density at radius 3 is 2.78 bits per heavy atom. The molecule has 0 unspecified atom stereocenters. The van der Waals surface area contributed by atoms with Gasteiger partial charge in [-0.2, -0.15) is 5.26 Å². The molecule has 0 aliphatic carbocycles. The summed E-state index contributed by atoms with van der Waals surface area (Å²) in [5, 5.41) is 9.53. The third kappa shape index (κ3) is 3.16. The van der Waals surface area contributed by atoms with Gasteiger partial charge in [0.05, 0.1) is 28.2 Å². The maximum Gasteiger partial charge on any atom is 0.149 e. The Kier molecular flexibility index (Phi) is 4.51. The Hall–Kier alpha value is -2.10. The zero-order valence-corrected chi connectivity index (χ0v) is 15.3. The average Bonchev–Trinajstić information content (AvgIpc) is 2.95. The molecule has 2 aromatic carbocycles. The highest BCUT2D eigenvalue weighted by molar-refractivity contribution is 9.11. The van der Waals surface area contributed by atoms with E-state index in [4.69, 9.17) is 4.74 Å². The predicted molar refractivity (Wildman–Crippen MR) is 98.0 cm³/mol. The summed E-state index contributed by atoms with van der Waals surface area (Å²) in [5.41, 5.74) is 2.94. The predicted octanol–water partition coefficient (Wildman–Crippen LogP) is 5.16. The summed E-state index contributed by atoms with van der Waals surface area (Å²) in [7, 11) is 1.60. The molecule has 1 heterocycles. The molecular formula is C17H11Br2N3O. The van der Waals surface area contributed by atoms with Crippen LogP contribution in [0.3, 0.4) is 0 Å². The molecule has 23 heavy (non-hydrogen) atoms. The molecule has 0 atom stereocenters. The van der Waals surface area contributed by atoms with Crippen LogP contribution in [0.1, 0.15) is 11.4 Å². The maximum absolute atomic E-state index is 9.53. The molecule has 6 heteroatoms. The summed E-state index contributed by atoms with van der Waals surface area (Å²) in [5.74, 6) is 1.20. The van der Waals surface area contributed by atoms with E-state index in [1.807, 2.05) is 36.4 Å². The monoisotopic (exact) mass is 431 g/mol. The van der Waals surface area contributed by atoms with Gasteiger partial charge in [-0.05, 0) is 46.3 Å². The maximum atomic E-state index is 9.53. The molecule has 3 rings (SSSR count). The van der Waals surface area contributed by atoms with E-state index in [2.05, 4.69) is 47.9 Å². The lowest BCUT2D eigenvalue weighted by Gasteiger charge is -2.08. The van der Waals surface area contributed by atoms with Crippen molar-refractivity contribution in [2.75, 3.05) is 7.11 Å². The van der Waals surface area contributed by atoms with Crippen molar-refractivity contribution in [3.05, 3.63) is 56.7 Å². The van der Waals surface area contributed by atoms with E-state index in [-0.39, 0.29) is 0 Å². The minimum absolute atomic E-state index is 0.435. The number of nitriles is 1. The van der Waals surface area contributed by atoms with Gasteiger partial charge >= 0.3 is 0 Å². The second-order valence-corrected chi connectivity index (χ2v) is 6.55. The number of nitrogens with zero attached hydrogens (tertiary/aromatic N) is 2. The number of aromatic nitrogens is 2. The van der Waals surface area contributed by atoms with Crippen LogP contribution in [0.2, 0.25) is 0 Å². The average molecular weight is 433 g/mol. The Labute approximate surface area is 150 Å². The lowest BCUT2D eigenvalue weighted by Crippen LogP contribution is -1.91. The highest BCUT2D eigenvalue weighted by Crippen LogP contribution is 2.34. The third-order valence-corrected chi connectivity index (χ3v) is 4.35. The molecule has 0 bridgehead atoms. The van der Waals surface area contributed by atoms with Crippen LogP contribution in [0.25, 0.3) is 22.7 Å². The fraction of sp³-hybridized carbons (Fsp3) is 0.0588. The molecule has 3 aromatic rings. The quantitative estimate of drug-likeness (QED) is 0.581. The molecule has 0 aliphatic rings. The second-order valence-electron chi connectivity index (χ2n) is 4.78. The Balaban J connectivity index is 2.14. The lowest BCUT2D eigenvalue weighted by atomic mass is 10.1. The number of halogens is 2. The van der Waals surface area contributed by atoms with Crippen LogP contribution >= 0.6 is 31.9 Å². The standard InChI is InChI=1S/C17H11Br2N3O/c1-23-16-10(7-12(18)8-13(16)19)6-11(9-20)17-21-14-4-2-3-5-15(14)22-17/h2-8H,1H3,(H,21,22)/b11-6+. The van der Waals surface area contributed by atoms with Crippen LogP contribution in [-0.2, 0) is 0 Å². The number of hydrogen-bond donors (Lipinski definition) is 1. The minimum Gasteiger partial charge on any atom is -0.495 e. The fourth-order valence-corrected chi connectivity index (χ4v) is 3.71. The van der Waals surface area contributed by atoms with Gasteiger partial charge < -0.3 is 9.72 Å². The number of methoxy groups -OCH3 is 1. The number of ether oxygens (including phenoxy) is 1. The van der Waals surface area contributed by atoms with E-state index in [9.17, 15) is 5.26 Å². The third-order valence-electron chi connectivity index (χ3n) is 3.31. The van der Waals surface area contributed by atoms with Gasteiger partial charge in [0.1, 0.15) is 17.6 Å². The van der Waals surface area contributed by atoms with E-state index in [1.165, 1.54) is 0 Å².